The molecule has 4 N–H and O–H groups in total. The van der Waals surface area contributed by atoms with Gasteiger partial charge in [0, 0.05) is 12.6 Å². The van der Waals surface area contributed by atoms with Crippen molar-refractivity contribution in [2.24, 2.45) is 0 Å². The number of amides is 1. The predicted octanol–water partition coefficient (Wildman–Crippen LogP) is -0.409. The zero-order valence-corrected chi connectivity index (χ0v) is 17.5. The largest absolute Gasteiger partial charge is 0.480 e. The number of ether oxygens (including phenoxy) is 4. The van der Waals surface area contributed by atoms with Gasteiger partial charge >= 0.3 is 12.1 Å². The van der Waals surface area contributed by atoms with Crippen LogP contribution in [0.3, 0.4) is 0 Å². The number of rotatable bonds is 11. The summed E-state index contributed by atoms with van der Waals surface area (Å²) < 4.78 is 59.4. The van der Waals surface area contributed by atoms with Crippen LogP contribution in [-0.2, 0) is 30.0 Å². The highest BCUT2D eigenvalue weighted by Gasteiger charge is 2.47. The summed E-state index contributed by atoms with van der Waals surface area (Å²) in [5, 5.41) is 31.4. The molecule has 1 amide bonds. The second kappa shape index (κ2) is 12.1. The maximum absolute atomic E-state index is 12.9. The van der Waals surface area contributed by atoms with E-state index in [1.165, 1.54) is 6.92 Å². The van der Waals surface area contributed by atoms with E-state index in [9.17, 15) is 33.0 Å². The number of halogens is 3. The fourth-order valence-corrected chi connectivity index (χ4v) is 2.89. The van der Waals surface area contributed by atoms with Crippen LogP contribution in [0.25, 0.3) is 0 Å². The number of carboxylic acid groups (broad SMARTS) is 1. The van der Waals surface area contributed by atoms with E-state index >= 15 is 0 Å². The first kappa shape index (κ1) is 26.7. The zero-order valence-electron chi connectivity index (χ0n) is 17.5. The Kier molecular flexibility index (Phi) is 9.79. The first-order valence-corrected chi connectivity index (χ1v) is 9.88. The number of carboxylic acids is 1. The van der Waals surface area contributed by atoms with Gasteiger partial charge in [-0.1, -0.05) is 6.07 Å². The molecule has 186 valence electrons. The Morgan fingerprint density at radius 1 is 1.15 bits per heavy atom. The van der Waals surface area contributed by atoms with Crippen molar-refractivity contribution in [2.45, 2.75) is 43.6 Å². The number of nitrogens with one attached hydrogen (secondary N) is 1. The van der Waals surface area contributed by atoms with E-state index < -0.39 is 66.8 Å². The maximum atomic E-state index is 12.9. The van der Waals surface area contributed by atoms with Gasteiger partial charge in [-0.25, -0.2) is 9.78 Å². The van der Waals surface area contributed by atoms with E-state index in [-0.39, 0.29) is 26.4 Å². The molecule has 0 aromatic carbocycles. The number of aliphatic hydroxyl groups is 2. The molecule has 0 radical (unpaired) electrons. The number of carbonyl (C=O) groups excluding carboxylic acids is 1. The van der Waals surface area contributed by atoms with Crippen molar-refractivity contribution in [1.82, 2.24) is 10.3 Å². The van der Waals surface area contributed by atoms with Crippen LogP contribution in [-0.4, -0.2) is 95.7 Å². The number of nitrogens with zero attached hydrogens (tertiary/aromatic N) is 1. The number of aliphatic hydroxyl groups excluding tert-OH is 2. The predicted molar refractivity (Wildman–Crippen MR) is 102 cm³/mol. The van der Waals surface area contributed by atoms with E-state index in [4.69, 9.17) is 24.1 Å². The van der Waals surface area contributed by atoms with E-state index in [0.717, 1.165) is 18.2 Å². The molecule has 0 bridgehead atoms. The molecule has 5 atom stereocenters. The SMILES string of the molecule is C[C@H]1O[C@H](C(=O)NCCOCCOCC(=O)O)[C@H](Oc2cccc(C(F)(F)F)n2)[C@@H](O)[C@H]1O. The number of aromatic nitrogens is 1. The van der Waals surface area contributed by atoms with Gasteiger partial charge in [0.05, 0.1) is 25.9 Å². The lowest BCUT2D eigenvalue weighted by atomic mass is 9.95. The third-order valence-electron chi connectivity index (χ3n) is 4.50. The Morgan fingerprint density at radius 2 is 1.85 bits per heavy atom. The highest BCUT2D eigenvalue weighted by atomic mass is 19.4. The molecular formula is C19H25F3N2O9. The van der Waals surface area contributed by atoms with Crippen LogP contribution >= 0.6 is 0 Å². The van der Waals surface area contributed by atoms with Crippen LogP contribution in [0.4, 0.5) is 13.2 Å². The minimum absolute atomic E-state index is 0.000811. The first-order valence-electron chi connectivity index (χ1n) is 9.88. The van der Waals surface area contributed by atoms with E-state index in [2.05, 4.69) is 10.3 Å². The lowest BCUT2D eigenvalue weighted by Gasteiger charge is -2.40. The van der Waals surface area contributed by atoms with Gasteiger partial charge in [0.1, 0.15) is 24.5 Å². The lowest BCUT2D eigenvalue weighted by molar-refractivity contribution is -0.211. The highest BCUT2D eigenvalue weighted by molar-refractivity contribution is 5.81. The smallest absolute Gasteiger partial charge is 0.433 e. The number of aliphatic carboxylic acids is 1. The van der Waals surface area contributed by atoms with Gasteiger partial charge in [0.25, 0.3) is 5.91 Å². The summed E-state index contributed by atoms with van der Waals surface area (Å²) in [5.74, 6) is -2.38. The zero-order chi connectivity index (χ0) is 24.6. The standard InChI is InChI=1S/C19H25F3N2O9/c1-10-14(27)15(28)16(33-12-4-2-3-11(24-12)19(20,21)22)17(32-10)18(29)23-5-6-30-7-8-31-9-13(25)26/h2-4,10,14-17,27-28H,5-9H2,1H3,(H,23,29)(H,25,26)/t10-,14+,15+,16-,17+/m1/s1. The molecule has 0 saturated carbocycles. The topological polar surface area (TPSA) is 157 Å². The fourth-order valence-electron chi connectivity index (χ4n) is 2.89. The van der Waals surface area contributed by atoms with Gasteiger partial charge in [0.15, 0.2) is 12.2 Å². The van der Waals surface area contributed by atoms with Crippen LogP contribution in [0.5, 0.6) is 5.88 Å². The summed E-state index contributed by atoms with van der Waals surface area (Å²) in [6.45, 7) is 1.10. The molecule has 1 aromatic rings. The van der Waals surface area contributed by atoms with Gasteiger partial charge in [-0.3, -0.25) is 4.79 Å². The fraction of sp³-hybridized carbons (Fsp3) is 0.632. The summed E-state index contributed by atoms with van der Waals surface area (Å²) >= 11 is 0. The van der Waals surface area contributed by atoms with Crippen molar-refractivity contribution in [3.63, 3.8) is 0 Å². The van der Waals surface area contributed by atoms with Crippen molar-refractivity contribution in [2.75, 3.05) is 33.0 Å². The Bertz CT molecular complexity index is 796. The molecule has 2 rings (SSSR count). The van der Waals surface area contributed by atoms with Crippen LogP contribution in [0.15, 0.2) is 18.2 Å². The summed E-state index contributed by atoms with van der Waals surface area (Å²) in [6, 6.07) is 2.89. The van der Waals surface area contributed by atoms with Crippen LogP contribution in [0.2, 0.25) is 0 Å². The molecule has 0 unspecified atom stereocenters. The third-order valence-corrected chi connectivity index (χ3v) is 4.50. The third kappa shape index (κ3) is 8.08. The normalized spacial score (nSPS) is 25.5. The molecule has 1 aromatic heterocycles. The average molecular weight is 482 g/mol. The van der Waals surface area contributed by atoms with Gasteiger partial charge in [-0.15, -0.1) is 0 Å². The minimum Gasteiger partial charge on any atom is -0.480 e. The van der Waals surface area contributed by atoms with Crippen molar-refractivity contribution >= 4 is 11.9 Å². The molecule has 11 nitrogen and oxygen atoms in total. The summed E-state index contributed by atoms with van der Waals surface area (Å²) in [4.78, 5) is 26.2. The van der Waals surface area contributed by atoms with E-state index in [1.54, 1.807) is 0 Å². The van der Waals surface area contributed by atoms with E-state index in [0.29, 0.717) is 0 Å². The molecule has 0 aliphatic carbocycles. The van der Waals surface area contributed by atoms with Crippen molar-refractivity contribution in [3.8, 4) is 5.88 Å². The minimum atomic E-state index is -4.73. The number of hydrogen-bond donors (Lipinski definition) is 4. The van der Waals surface area contributed by atoms with Crippen molar-refractivity contribution in [1.29, 1.82) is 0 Å². The number of carbonyl (C=O) groups is 2. The average Bonchev–Trinajstić information content (AvgIpc) is 2.75. The Labute approximate surface area is 186 Å². The maximum Gasteiger partial charge on any atom is 0.433 e. The lowest BCUT2D eigenvalue weighted by Crippen LogP contribution is -2.63. The number of pyridine rings is 1. The molecule has 14 heteroatoms. The molecule has 1 saturated heterocycles. The summed E-state index contributed by atoms with van der Waals surface area (Å²) in [7, 11) is 0. The van der Waals surface area contributed by atoms with Crippen LogP contribution in [0, 0.1) is 0 Å². The van der Waals surface area contributed by atoms with E-state index in [1.807, 2.05) is 0 Å². The molecular weight excluding hydrogens is 457 g/mol. The van der Waals surface area contributed by atoms with Crippen molar-refractivity contribution < 1.29 is 57.0 Å². The Morgan fingerprint density at radius 3 is 2.52 bits per heavy atom. The monoisotopic (exact) mass is 482 g/mol. The second-order valence-corrected chi connectivity index (χ2v) is 7.03. The van der Waals surface area contributed by atoms with Gasteiger partial charge in [-0.05, 0) is 13.0 Å². The van der Waals surface area contributed by atoms with Gasteiger partial charge < -0.3 is 39.6 Å². The van der Waals surface area contributed by atoms with Crippen molar-refractivity contribution in [3.05, 3.63) is 23.9 Å². The molecule has 33 heavy (non-hydrogen) atoms. The molecule has 0 spiro atoms. The quantitative estimate of drug-likeness (QED) is 0.306. The summed E-state index contributed by atoms with van der Waals surface area (Å²) in [5.41, 5.74) is -1.23. The van der Waals surface area contributed by atoms with Gasteiger partial charge in [-0.2, -0.15) is 13.2 Å². The molecule has 2 heterocycles. The molecule has 1 fully saturated rings. The number of hydrogen-bond acceptors (Lipinski definition) is 9. The van der Waals surface area contributed by atoms with Crippen LogP contribution < -0.4 is 10.1 Å². The molecule has 1 aliphatic heterocycles. The number of alkyl halides is 3. The van der Waals surface area contributed by atoms with Crippen LogP contribution in [0.1, 0.15) is 12.6 Å². The Hall–Kier alpha value is -2.52. The second-order valence-electron chi connectivity index (χ2n) is 7.03. The first-order chi connectivity index (χ1) is 15.5. The summed E-state index contributed by atoms with van der Waals surface area (Å²) in [6.07, 6.45) is -11.8. The van der Waals surface area contributed by atoms with Gasteiger partial charge in [0.2, 0.25) is 5.88 Å². The Balaban J connectivity index is 1.95. The molecule has 1 aliphatic rings. The highest BCUT2D eigenvalue weighted by Crippen LogP contribution is 2.30.